The van der Waals surface area contributed by atoms with E-state index in [0.29, 0.717) is 28.8 Å². The van der Waals surface area contributed by atoms with Gasteiger partial charge in [0.1, 0.15) is 17.9 Å². The van der Waals surface area contributed by atoms with Gasteiger partial charge in [-0.25, -0.2) is 14.4 Å². The van der Waals surface area contributed by atoms with Crippen molar-refractivity contribution >= 4 is 11.6 Å². The lowest BCUT2D eigenvalue weighted by molar-refractivity contribution is 0.102. The van der Waals surface area contributed by atoms with Gasteiger partial charge in [0.2, 0.25) is 5.88 Å². The van der Waals surface area contributed by atoms with E-state index in [1.54, 1.807) is 42.5 Å². The molecule has 0 fully saturated rings. The molecule has 0 aliphatic rings. The van der Waals surface area contributed by atoms with E-state index in [1.165, 1.54) is 24.0 Å². The molecule has 0 unspecified atom stereocenters. The highest BCUT2D eigenvalue weighted by Gasteiger charge is 2.10. The topological polar surface area (TPSA) is 64.1 Å². The normalized spacial score (nSPS) is 10.8. The van der Waals surface area contributed by atoms with Crippen LogP contribution in [0.5, 0.6) is 11.6 Å². The second kappa shape index (κ2) is 9.39. The molecule has 0 bridgehead atoms. The summed E-state index contributed by atoms with van der Waals surface area (Å²) >= 11 is 0. The van der Waals surface area contributed by atoms with Crippen LogP contribution in [-0.4, -0.2) is 15.9 Å². The van der Waals surface area contributed by atoms with Crippen LogP contribution in [0.2, 0.25) is 0 Å². The van der Waals surface area contributed by atoms with Crippen molar-refractivity contribution in [2.75, 3.05) is 5.32 Å². The van der Waals surface area contributed by atoms with Crippen LogP contribution >= 0.6 is 0 Å². The van der Waals surface area contributed by atoms with Crippen LogP contribution in [0.1, 0.15) is 35.7 Å². The fraction of sp³-hybridized carbons (Fsp3) is 0.115. The van der Waals surface area contributed by atoms with Crippen molar-refractivity contribution < 1.29 is 13.9 Å². The Labute approximate surface area is 185 Å². The zero-order valence-electron chi connectivity index (χ0n) is 17.7. The number of ether oxygens (including phenoxy) is 1. The summed E-state index contributed by atoms with van der Waals surface area (Å²) in [4.78, 5) is 21.0. The van der Waals surface area contributed by atoms with Crippen LogP contribution in [0.3, 0.4) is 0 Å². The summed E-state index contributed by atoms with van der Waals surface area (Å²) in [5.41, 5.74) is 3.75. The summed E-state index contributed by atoms with van der Waals surface area (Å²) < 4.78 is 19.0. The Hall–Kier alpha value is -4.06. The Morgan fingerprint density at radius 3 is 2.41 bits per heavy atom. The summed E-state index contributed by atoms with van der Waals surface area (Å²) in [6.07, 6.45) is 1.38. The number of amides is 1. The van der Waals surface area contributed by atoms with E-state index in [4.69, 9.17) is 4.74 Å². The summed E-state index contributed by atoms with van der Waals surface area (Å²) in [6.45, 7) is 4.25. The molecule has 0 aliphatic heterocycles. The maximum Gasteiger partial charge on any atom is 0.255 e. The summed E-state index contributed by atoms with van der Waals surface area (Å²) in [6, 6.07) is 22.3. The monoisotopic (exact) mass is 427 g/mol. The molecule has 160 valence electrons. The van der Waals surface area contributed by atoms with Gasteiger partial charge in [0, 0.05) is 22.9 Å². The molecular formula is C26H22FN3O2. The first kappa shape index (κ1) is 21.2. The Morgan fingerprint density at radius 1 is 0.938 bits per heavy atom. The number of carbonyl (C=O) groups excluding carboxylic acids is 1. The molecule has 1 amide bonds. The fourth-order valence-electron chi connectivity index (χ4n) is 3.15. The highest BCUT2D eigenvalue weighted by Crippen LogP contribution is 2.25. The molecule has 4 aromatic rings. The van der Waals surface area contributed by atoms with E-state index in [1.807, 2.05) is 24.3 Å². The number of halogens is 1. The fourth-order valence-corrected chi connectivity index (χ4v) is 3.15. The predicted octanol–water partition coefficient (Wildman–Crippen LogP) is 6.45. The molecule has 32 heavy (non-hydrogen) atoms. The van der Waals surface area contributed by atoms with E-state index >= 15 is 0 Å². The molecule has 4 rings (SSSR count). The van der Waals surface area contributed by atoms with Crippen LogP contribution in [0.25, 0.3) is 11.3 Å². The molecule has 0 aliphatic carbocycles. The Bertz CT molecular complexity index is 1220. The van der Waals surface area contributed by atoms with Gasteiger partial charge in [-0.05, 0) is 66.1 Å². The first-order chi connectivity index (χ1) is 15.5. The summed E-state index contributed by atoms with van der Waals surface area (Å²) in [5, 5.41) is 2.90. The molecule has 0 atom stereocenters. The van der Waals surface area contributed by atoms with E-state index in [2.05, 4.69) is 29.1 Å². The average Bonchev–Trinajstić information content (AvgIpc) is 2.80. The van der Waals surface area contributed by atoms with Gasteiger partial charge in [-0.3, -0.25) is 4.79 Å². The van der Waals surface area contributed by atoms with Crippen LogP contribution < -0.4 is 10.1 Å². The van der Waals surface area contributed by atoms with Gasteiger partial charge in [0.15, 0.2) is 0 Å². The number of hydrogen-bond acceptors (Lipinski definition) is 4. The first-order valence-electron chi connectivity index (χ1n) is 10.2. The molecule has 0 radical (unpaired) electrons. The molecule has 0 saturated carbocycles. The third-order valence-corrected chi connectivity index (χ3v) is 4.94. The van der Waals surface area contributed by atoms with Gasteiger partial charge in [-0.15, -0.1) is 0 Å². The second-order valence-corrected chi connectivity index (χ2v) is 7.61. The molecule has 0 saturated heterocycles. The molecule has 5 nitrogen and oxygen atoms in total. The van der Waals surface area contributed by atoms with E-state index in [0.717, 1.165) is 11.3 Å². The lowest BCUT2D eigenvalue weighted by Gasteiger charge is -2.10. The van der Waals surface area contributed by atoms with Crippen LogP contribution in [0, 0.1) is 5.82 Å². The van der Waals surface area contributed by atoms with Crippen molar-refractivity contribution in [3.05, 3.63) is 102 Å². The number of rotatable bonds is 6. The van der Waals surface area contributed by atoms with E-state index < -0.39 is 0 Å². The molecule has 1 aromatic heterocycles. The largest absolute Gasteiger partial charge is 0.439 e. The molecule has 6 heteroatoms. The number of anilines is 1. The number of nitrogens with zero attached hydrogens (tertiary/aromatic N) is 2. The quantitative estimate of drug-likeness (QED) is 0.384. The van der Waals surface area contributed by atoms with Crippen LogP contribution in [0.4, 0.5) is 10.1 Å². The minimum atomic E-state index is -0.315. The predicted molar refractivity (Wildman–Crippen MR) is 122 cm³/mol. The smallest absolute Gasteiger partial charge is 0.255 e. The molecule has 3 aromatic carbocycles. The Balaban J connectivity index is 1.47. The van der Waals surface area contributed by atoms with Crippen molar-refractivity contribution in [1.29, 1.82) is 0 Å². The van der Waals surface area contributed by atoms with Crippen molar-refractivity contribution in [1.82, 2.24) is 9.97 Å². The lowest BCUT2D eigenvalue weighted by atomic mass is 10.0. The summed E-state index contributed by atoms with van der Waals surface area (Å²) in [5.74, 6) is 0.671. The van der Waals surface area contributed by atoms with Crippen molar-refractivity contribution in [3.8, 4) is 22.9 Å². The molecular weight excluding hydrogens is 405 g/mol. The third kappa shape index (κ3) is 5.16. The van der Waals surface area contributed by atoms with Gasteiger partial charge in [-0.2, -0.15) is 0 Å². The maximum atomic E-state index is 13.2. The number of aromatic nitrogens is 2. The Morgan fingerprint density at radius 2 is 1.69 bits per heavy atom. The SMILES string of the molecule is CC(C)c1ccc(NC(=O)c2cccc(Oc3cc(-c4ccc(F)cc4)ncn3)c2)cc1. The van der Waals surface area contributed by atoms with Gasteiger partial charge >= 0.3 is 0 Å². The third-order valence-electron chi connectivity index (χ3n) is 4.94. The minimum Gasteiger partial charge on any atom is -0.439 e. The number of nitrogens with one attached hydrogen (secondary N) is 1. The van der Waals surface area contributed by atoms with Gasteiger partial charge in [0.25, 0.3) is 5.91 Å². The second-order valence-electron chi connectivity index (χ2n) is 7.61. The van der Waals surface area contributed by atoms with Gasteiger partial charge in [0.05, 0.1) is 5.69 Å². The average molecular weight is 427 g/mol. The highest BCUT2D eigenvalue weighted by atomic mass is 19.1. The standard InChI is InChI=1S/C26H22FN3O2/c1-17(2)18-8-12-22(13-9-18)30-26(31)20-4-3-5-23(14-20)32-25-15-24(28-16-29-25)19-6-10-21(27)11-7-19/h3-17H,1-2H3,(H,30,31). The molecule has 0 spiro atoms. The minimum absolute atomic E-state index is 0.234. The maximum absolute atomic E-state index is 13.2. The number of carbonyl (C=O) groups is 1. The van der Waals surface area contributed by atoms with Crippen molar-refractivity contribution in [2.24, 2.45) is 0 Å². The zero-order valence-corrected chi connectivity index (χ0v) is 17.7. The van der Waals surface area contributed by atoms with Crippen LogP contribution in [0.15, 0.2) is 85.2 Å². The van der Waals surface area contributed by atoms with Gasteiger partial charge < -0.3 is 10.1 Å². The number of hydrogen-bond donors (Lipinski definition) is 1. The van der Waals surface area contributed by atoms with E-state index in [-0.39, 0.29) is 11.7 Å². The molecule has 1 N–H and O–H groups in total. The van der Waals surface area contributed by atoms with Crippen molar-refractivity contribution in [3.63, 3.8) is 0 Å². The van der Waals surface area contributed by atoms with Gasteiger partial charge in [-0.1, -0.05) is 32.0 Å². The van der Waals surface area contributed by atoms with Crippen molar-refractivity contribution in [2.45, 2.75) is 19.8 Å². The first-order valence-corrected chi connectivity index (χ1v) is 10.2. The molecule has 1 heterocycles. The number of benzene rings is 3. The summed E-state index contributed by atoms with van der Waals surface area (Å²) in [7, 11) is 0. The van der Waals surface area contributed by atoms with Crippen LogP contribution in [-0.2, 0) is 0 Å². The lowest BCUT2D eigenvalue weighted by Crippen LogP contribution is -2.11. The van der Waals surface area contributed by atoms with E-state index in [9.17, 15) is 9.18 Å². The Kier molecular flexibility index (Phi) is 6.22. The highest BCUT2D eigenvalue weighted by molar-refractivity contribution is 6.04. The zero-order chi connectivity index (χ0) is 22.5.